The van der Waals surface area contributed by atoms with Gasteiger partial charge in [-0.15, -0.1) is 0 Å². The molecule has 20 heavy (non-hydrogen) atoms. The van der Waals surface area contributed by atoms with Gasteiger partial charge >= 0.3 is 0 Å². The molecule has 0 aliphatic heterocycles. The number of benzene rings is 1. The fourth-order valence-corrected chi connectivity index (χ4v) is 2.54. The molecule has 3 rings (SSSR count). The average Bonchev–Trinajstić information content (AvgIpc) is 2.81. The van der Waals surface area contributed by atoms with E-state index in [0.717, 1.165) is 34.7 Å². The molecule has 3 aromatic rings. The molecule has 0 saturated heterocycles. The molecule has 0 saturated carbocycles. The predicted octanol–water partition coefficient (Wildman–Crippen LogP) is 2.96. The van der Waals surface area contributed by atoms with Gasteiger partial charge in [-0.25, -0.2) is 9.97 Å². The Morgan fingerprint density at radius 2 is 2.05 bits per heavy atom. The molecule has 0 unspecified atom stereocenters. The molecule has 0 bridgehead atoms. The first-order valence-electron chi connectivity index (χ1n) is 6.75. The third-order valence-corrected chi connectivity index (χ3v) is 3.38. The maximum absolute atomic E-state index is 4.67. The van der Waals surface area contributed by atoms with E-state index in [9.17, 15) is 0 Å². The predicted molar refractivity (Wildman–Crippen MR) is 81.6 cm³/mol. The average molecular weight is 266 g/mol. The summed E-state index contributed by atoms with van der Waals surface area (Å²) in [6, 6.07) is 8.43. The highest BCUT2D eigenvalue weighted by atomic mass is 15.0. The first kappa shape index (κ1) is 12.8. The molecule has 4 heteroatoms. The second kappa shape index (κ2) is 5.06. The summed E-state index contributed by atoms with van der Waals surface area (Å²) in [4.78, 5) is 12.4. The van der Waals surface area contributed by atoms with Gasteiger partial charge in [0.25, 0.3) is 0 Å². The monoisotopic (exact) mass is 266 g/mol. The first-order chi connectivity index (χ1) is 9.69. The van der Waals surface area contributed by atoms with Crippen molar-refractivity contribution in [3.8, 4) is 11.3 Å². The van der Waals surface area contributed by atoms with Crippen LogP contribution in [-0.4, -0.2) is 22.0 Å². The zero-order valence-electron chi connectivity index (χ0n) is 12.0. The molecule has 0 atom stereocenters. The lowest BCUT2D eigenvalue weighted by atomic mass is 10.0. The molecule has 2 heterocycles. The standard InChI is InChI=1S/C16H18N4/c1-10-5-4-6-12(7-10)15-14-13(8-17-3)9-18-16(14)20-11(2)19-15/h4-7,9,17H,8H2,1-3H3,(H,18,19,20). The summed E-state index contributed by atoms with van der Waals surface area (Å²) < 4.78 is 0. The minimum Gasteiger partial charge on any atom is -0.346 e. The van der Waals surface area contributed by atoms with E-state index < -0.39 is 0 Å². The zero-order chi connectivity index (χ0) is 14.1. The lowest BCUT2D eigenvalue weighted by Crippen LogP contribution is -2.05. The lowest BCUT2D eigenvalue weighted by molar-refractivity contribution is 0.823. The van der Waals surface area contributed by atoms with E-state index in [1.54, 1.807) is 0 Å². The van der Waals surface area contributed by atoms with Crippen LogP contribution in [0.15, 0.2) is 30.5 Å². The summed E-state index contributed by atoms with van der Waals surface area (Å²) in [6.45, 7) is 4.82. The van der Waals surface area contributed by atoms with Crippen LogP contribution in [0.1, 0.15) is 17.0 Å². The van der Waals surface area contributed by atoms with E-state index in [4.69, 9.17) is 0 Å². The fourth-order valence-electron chi connectivity index (χ4n) is 2.54. The zero-order valence-corrected chi connectivity index (χ0v) is 12.0. The molecule has 102 valence electrons. The molecule has 0 amide bonds. The van der Waals surface area contributed by atoms with Crippen molar-refractivity contribution in [3.63, 3.8) is 0 Å². The molecule has 2 N–H and O–H groups in total. The lowest BCUT2D eigenvalue weighted by Gasteiger charge is -2.07. The van der Waals surface area contributed by atoms with Gasteiger partial charge < -0.3 is 10.3 Å². The van der Waals surface area contributed by atoms with Crippen molar-refractivity contribution in [3.05, 3.63) is 47.4 Å². The fraction of sp³-hybridized carbons (Fsp3) is 0.250. The van der Waals surface area contributed by atoms with Crippen LogP contribution in [0.25, 0.3) is 22.3 Å². The number of rotatable bonds is 3. The molecule has 2 aromatic heterocycles. The number of hydrogen-bond acceptors (Lipinski definition) is 3. The minimum atomic E-state index is 0.784. The van der Waals surface area contributed by atoms with Crippen molar-refractivity contribution >= 4 is 11.0 Å². The van der Waals surface area contributed by atoms with Gasteiger partial charge in [0.05, 0.1) is 5.69 Å². The van der Waals surface area contributed by atoms with Crippen molar-refractivity contribution in [2.45, 2.75) is 20.4 Å². The highest BCUT2D eigenvalue weighted by molar-refractivity contribution is 5.93. The van der Waals surface area contributed by atoms with Gasteiger partial charge in [0, 0.05) is 23.7 Å². The van der Waals surface area contributed by atoms with Crippen LogP contribution < -0.4 is 5.32 Å². The van der Waals surface area contributed by atoms with E-state index >= 15 is 0 Å². The molecule has 1 aromatic carbocycles. The van der Waals surface area contributed by atoms with Crippen molar-refractivity contribution in [1.29, 1.82) is 0 Å². The maximum Gasteiger partial charge on any atom is 0.141 e. The molecular formula is C16H18N4. The molecule has 0 fully saturated rings. The summed E-state index contributed by atoms with van der Waals surface area (Å²) >= 11 is 0. The molecule has 4 nitrogen and oxygen atoms in total. The van der Waals surface area contributed by atoms with Crippen molar-refractivity contribution in [2.24, 2.45) is 0 Å². The van der Waals surface area contributed by atoms with Gasteiger partial charge in [-0.2, -0.15) is 0 Å². The van der Waals surface area contributed by atoms with Gasteiger partial charge in [0.1, 0.15) is 11.5 Å². The van der Waals surface area contributed by atoms with Crippen LogP contribution in [0.5, 0.6) is 0 Å². The number of nitrogens with one attached hydrogen (secondary N) is 2. The number of H-pyrrole nitrogens is 1. The third-order valence-electron chi connectivity index (χ3n) is 3.38. The Balaban J connectivity index is 2.30. The van der Waals surface area contributed by atoms with E-state index in [2.05, 4.69) is 51.5 Å². The van der Waals surface area contributed by atoms with E-state index in [1.807, 2.05) is 20.2 Å². The summed E-state index contributed by atoms with van der Waals surface area (Å²) in [5.74, 6) is 0.784. The van der Waals surface area contributed by atoms with Crippen molar-refractivity contribution < 1.29 is 0 Å². The summed E-state index contributed by atoms with van der Waals surface area (Å²) in [6.07, 6.45) is 2.01. The minimum absolute atomic E-state index is 0.784. The van der Waals surface area contributed by atoms with Crippen LogP contribution in [0, 0.1) is 13.8 Å². The number of fused-ring (bicyclic) bond motifs is 1. The number of aromatic amines is 1. The Bertz CT molecular complexity index is 758. The topological polar surface area (TPSA) is 53.6 Å². The Kier molecular flexibility index (Phi) is 3.24. The van der Waals surface area contributed by atoms with Crippen LogP contribution >= 0.6 is 0 Å². The van der Waals surface area contributed by atoms with Gasteiger partial charge in [0.15, 0.2) is 0 Å². The van der Waals surface area contributed by atoms with Gasteiger partial charge in [0.2, 0.25) is 0 Å². The molecular weight excluding hydrogens is 248 g/mol. The second-order valence-electron chi connectivity index (χ2n) is 5.06. The Hall–Kier alpha value is -2.20. The Morgan fingerprint density at radius 1 is 1.20 bits per heavy atom. The molecule has 0 spiro atoms. The summed E-state index contributed by atoms with van der Waals surface area (Å²) in [5, 5.41) is 4.30. The largest absolute Gasteiger partial charge is 0.346 e. The molecule has 0 aliphatic carbocycles. The van der Waals surface area contributed by atoms with Crippen LogP contribution in [0.3, 0.4) is 0 Å². The number of hydrogen-bond donors (Lipinski definition) is 2. The second-order valence-corrected chi connectivity index (χ2v) is 5.06. The Labute approximate surface area is 118 Å². The smallest absolute Gasteiger partial charge is 0.141 e. The number of aromatic nitrogens is 3. The quantitative estimate of drug-likeness (QED) is 0.766. The van der Waals surface area contributed by atoms with E-state index in [-0.39, 0.29) is 0 Å². The maximum atomic E-state index is 4.67. The van der Waals surface area contributed by atoms with Crippen LogP contribution in [0.4, 0.5) is 0 Å². The highest BCUT2D eigenvalue weighted by Gasteiger charge is 2.13. The highest BCUT2D eigenvalue weighted by Crippen LogP contribution is 2.29. The summed E-state index contributed by atoms with van der Waals surface area (Å²) in [7, 11) is 1.94. The first-order valence-corrected chi connectivity index (χ1v) is 6.75. The van der Waals surface area contributed by atoms with Gasteiger partial charge in [-0.3, -0.25) is 0 Å². The number of aryl methyl sites for hydroxylation is 2. The van der Waals surface area contributed by atoms with Gasteiger partial charge in [-0.1, -0.05) is 23.8 Å². The van der Waals surface area contributed by atoms with Crippen molar-refractivity contribution in [1.82, 2.24) is 20.3 Å². The van der Waals surface area contributed by atoms with E-state index in [0.29, 0.717) is 0 Å². The molecule has 0 radical (unpaired) electrons. The normalized spacial score (nSPS) is 11.2. The number of nitrogens with zero attached hydrogens (tertiary/aromatic N) is 2. The SMILES string of the molecule is CNCc1c[nH]c2nc(C)nc(-c3cccc(C)c3)c12. The van der Waals surface area contributed by atoms with Crippen molar-refractivity contribution in [2.75, 3.05) is 7.05 Å². The third kappa shape index (κ3) is 2.18. The van der Waals surface area contributed by atoms with Crippen LogP contribution in [0.2, 0.25) is 0 Å². The van der Waals surface area contributed by atoms with Crippen LogP contribution in [-0.2, 0) is 6.54 Å². The van der Waals surface area contributed by atoms with E-state index in [1.165, 1.54) is 11.1 Å². The molecule has 0 aliphatic rings. The Morgan fingerprint density at radius 3 is 2.80 bits per heavy atom. The summed E-state index contributed by atoms with van der Waals surface area (Å²) in [5.41, 5.74) is 5.47. The van der Waals surface area contributed by atoms with Gasteiger partial charge in [-0.05, 0) is 32.5 Å².